The van der Waals surface area contributed by atoms with Gasteiger partial charge in [-0.2, -0.15) is 0 Å². The second-order valence-corrected chi connectivity index (χ2v) is 5.06. The van der Waals surface area contributed by atoms with E-state index in [0.29, 0.717) is 0 Å². The molecule has 1 fully saturated rings. The van der Waals surface area contributed by atoms with Gasteiger partial charge in [0.25, 0.3) is 0 Å². The standard InChI is InChI=1S/C11H17NO5/c1-11(2,3)17-10(16)12-6-7(9(14)15)4-5-8(12)13/h7H,4-6H2,1-3H3,(H,14,15)/t7-/m0/s1. The van der Waals surface area contributed by atoms with E-state index in [4.69, 9.17) is 9.84 Å². The van der Waals surface area contributed by atoms with Crippen LogP contribution in [0, 0.1) is 5.92 Å². The van der Waals surface area contributed by atoms with Gasteiger partial charge in [-0.3, -0.25) is 9.59 Å². The molecule has 96 valence electrons. The van der Waals surface area contributed by atoms with E-state index < -0.39 is 23.6 Å². The summed E-state index contributed by atoms with van der Waals surface area (Å²) in [6.07, 6.45) is -0.433. The average Bonchev–Trinajstić information content (AvgIpc) is 2.14. The van der Waals surface area contributed by atoms with Crippen molar-refractivity contribution in [2.45, 2.75) is 39.2 Å². The van der Waals surface area contributed by atoms with Gasteiger partial charge in [0.05, 0.1) is 5.92 Å². The first-order valence-corrected chi connectivity index (χ1v) is 5.47. The topological polar surface area (TPSA) is 83.9 Å². The number of carboxylic acid groups (broad SMARTS) is 1. The number of piperidine rings is 1. The zero-order valence-electron chi connectivity index (χ0n) is 10.2. The number of carbonyl (C=O) groups excluding carboxylic acids is 2. The first-order valence-electron chi connectivity index (χ1n) is 5.47. The highest BCUT2D eigenvalue weighted by Gasteiger charge is 2.35. The number of hydrogen-bond acceptors (Lipinski definition) is 4. The molecule has 0 aromatic heterocycles. The fraction of sp³-hybridized carbons (Fsp3) is 0.727. The van der Waals surface area contributed by atoms with Gasteiger partial charge in [0.2, 0.25) is 5.91 Å². The van der Waals surface area contributed by atoms with E-state index in [2.05, 4.69) is 0 Å². The highest BCUT2D eigenvalue weighted by atomic mass is 16.6. The van der Waals surface area contributed by atoms with Crippen LogP contribution in [0.15, 0.2) is 0 Å². The van der Waals surface area contributed by atoms with Crippen molar-refractivity contribution in [1.29, 1.82) is 0 Å². The molecule has 1 rings (SSSR count). The molecule has 0 spiro atoms. The maximum Gasteiger partial charge on any atom is 0.417 e. The maximum absolute atomic E-state index is 11.7. The number of imide groups is 1. The maximum atomic E-state index is 11.7. The van der Waals surface area contributed by atoms with E-state index in [-0.39, 0.29) is 25.3 Å². The second kappa shape index (κ2) is 4.73. The number of likely N-dealkylation sites (tertiary alicyclic amines) is 1. The lowest BCUT2D eigenvalue weighted by Gasteiger charge is -2.31. The van der Waals surface area contributed by atoms with Gasteiger partial charge in [0, 0.05) is 13.0 Å². The SMILES string of the molecule is CC(C)(C)OC(=O)N1C[C@@H](C(=O)O)CCC1=O. The molecule has 17 heavy (non-hydrogen) atoms. The molecule has 0 aromatic carbocycles. The second-order valence-electron chi connectivity index (χ2n) is 5.06. The van der Waals surface area contributed by atoms with Crippen molar-refractivity contribution in [3.63, 3.8) is 0 Å². The molecule has 1 aliphatic heterocycles. The van der Waals surface area contributed by atoms with Crippen molar-refractivity contribution in [2.75, 3.05) is 6.54 Å². The zero-order chi connectivity index (χ0) is 13.2. The molecule has 2 amide bonds. The number of rotatable bonds is 1. The number of nitrogens with zero attached hydrogens (tertiary/aromatic N) is 1. The molecule has 1 aliphatic rings. The monoisotopic (exact) mass is 243 g/mol. The number of amides is 2. The van der Waals surface area contributed by atoms with Crippen molar-refractivity contribution in [3.05, 3.63) is 0 Å². The summed E-state index contributed by atoms with van der Waals surface area (Å²) in [4.78, 5) is 34.9. The van der Waals surface area contributed by atoms with Gasteiger partial charge in [-0.25, -0.2) is 9.69 Å². The van der Waals surface area contributed by atoms with Crippen molar-refractivity contribution in [1.82, 2.24) is 4.90 Å². The van der Waals surface area contributed by atoms with Crippen LogP contribution in [0.4, 0.5) is 4.79 Å². The molecule has 0 aliphatic carbocycles. The largest absolute Gasteiger partial charge is 0.481 e. The lowest BCUT2D eigenvalue weighted by molar-refractivity contribution is -0.146. The highest BCUT2D eigenvalue weighted by molar-refractivity contribution is 5.93. The number of hydrogen-bond donors (Lipinski definition) is 1. The van der Waals surface area contributed by atoms with E-state index in [9.17, 15) is 14.4 Å². The minimum atomic E-state index is -0.994. The van der Waals surface area contributed by atoms with Crippen LogP contribution < -0.4 is 0 Å². The first kappa shape index (κ1) is 13.5. The third-order valence-electron chi connectivity index (χ3n) is 2.37. The Morgan fingerprint density at radius 2 is 2.00 bits per heavy atom. The van der Waals surface area contributed by atoms with Crippen LogP contribution in [-0.2, 0) is 14.3 Å². The van der Waals surface area contributed by atoms with Gasteiger partial charge in [-0.15, -0.1) is 0 Å². The Balaban J connectivity index is 2.70. The number of carbonyl (C=O) groups is 3. The van der Waals surface area contributed by atoms with Crippen molar-refractivity contribution < 1.29 is 24.2 Å². The Bertz CT molecular complexity index is 344. The predicted molar refractivity (Wildman–Crippen MR) is 58.3 cm³/mol. The Morgan fingerprint density at radius 3 is 2.47 bits per heavy atom. The lowest BCUT2D eigenvalue weighted by atomic mass is 9.98. The molecule has 0 aromatic rings. The minimum Gasteiger partial charge on any atom is -0.481 e. The predicted octanol–water partition coefficient (Wildman–Crippen LogP) is 1.24. The van der Waals surface area contributed by atoms with E-state index in [1.807, 2.05) is 0 Å². The summed E-state index contributed by atoms with van der Waals surface area (Å²) in [5.41, 5.74) is -0.701. The molecule has 0 radical (unpaired) electrons. The third-order valence-corrected chi connectivity index (χ3v) is 2.37. The van der Waals surface area contributed by atoms with E-state index >= 15 is 0 Å². The van der Waals surface area contributed by atoms with Gasteiger partial charge in [-0.1, -0.05) is 0 Å². The third kappa shape index (κ3) is 3.72. The van der Waals surface area contributed by atoms with Crippen LogP contribution in [0.3, 0.4) is 0 Å². The summed E-state index contributed by atoms with van der Waals surface area (Å²) < 4.78 is 5.05. The number of ether oxygens (including phenoxy) is 1. The molecule has 1 saturated heterocycles. The Kier molecular flexibility index (Phi) is 3.75. The molecule has 6 heteroatoms. The quantitative estimate of drug-likeness (QED) is 0.749. The molecule has 0 bridgehead atoms. The fourth-order valence-electron chi connectivity index (χ4n) is 1.54. The number of aliphatic carboxylic acids is 1. The van der Waals surface area contributed by atoms with Crippen LogP contribution in [0.2, 0.25) is 0 Å². The first-order chi connectivity index (χ1) is 7.70. The Morgan fingerprint density at radius 1 is 1.41 bits per heavy atom. The molecule has 0 unspecified atom stereocenters. The molecule has 1 N–H and O–H groups in total. The van der Waals surface area contributed by atoms with E-state index in [0.717, 1.165) is 4.90 Å². The van der Waals surface area contributed by atoms with Crippen molar-refractivity contribution in [2.24, 2.45) is 5.92 Å². The van der Waals surface area contributed by atoms with Crippen molar-refractivity contribution in [3.8, 4) is 0 Å². The van der Waals surface area contributed by atoms with Crippen LogP contribution in [0.5, 0.6) is 0 Å². The summed E-state index contributed by atoms with van der Waals surface area (Å²) in [7, 11) is 0. The summed E-state index contributed by atoms with van der Waals surface area (Å²) >= 11 is 0. The lowest BCUT2D eigenvalue weighted by Crippen LogP contribution is -2.47. The van der Waals surface area contributed by atoms with Gasteiger partial charge in [0.1, 0.15) is 5.60 Å². The van der Waals surface area contributed by atoms with Crippen molar-refractivity contribution >= 4 is 18.0 Å². The molecule has 1 atom stereocenters. The van der Waals surface area contributed by atoms with Crippen LogP contribution in [0.25, 0.3) is 0 Å². The Labute approximate surface area is 99.5 Å². The minimum absolute atomic E-state index is 0.0657. The van der Waals surface area contributed by atoms with Crippen LogP contribution in [-0.4, -0.2) is 40.1 Å². The smallest absolute Gasteiger partial charge is 0.417 e. The zero-order valence-corrected chi connectivity index (χ0v) is 10.2. The van der Waals surface area contributed by atoms with Gasteiger partial charge < -0.3 is 9.84 Å². The van der Waals surface area contributed by atoms with Gasteiger partial charge in [0.15, 0.2) is 0 Å². The van der Waals surface area contributed by atoms with Gasteiger partial charge in [-0.05, 0) is 27.2 Å². The molecular weight excluding hydrogens is 226 g/mol. The fourth-order valence-corrected chi connectivity index (χ4v) is 1.54. The van der Waals surface area contributed by atoms with Gasteiger partial charge >= 0.3 is 12.1 Å². The van der Waals surface area contributed by atoms with E-state index in [1.165, 1.54) is 0 Å². The molecule has 0 saturated carbocycles. The molecule has 6 nitrogen and oxygen atoms in total. The average molecular weight is 243 g/mol. The summed E-state index contributed by atoms with van der Waals surface area (Å²) in [5, 5.41) is 8.87. The van der Waals surface area contributed by atoms with Crippen LogP contribution >= 0.6 is 0 Å². The summed E-state index contributed by atoms with van der Waals surface area (Å²) in [5.74, 6) is -2.07. The summed E-state index contributed by atoms with van der Waals surface area (Å²) in [6.45, 7) is 4.96. The summed E-state index contributed by atoms with van der Waals surface area (Å²) in [6, 6.07) is 0. The van der Waals surface area contributed by atoms with Crippen LogP contribution in [0.1, 0.15) is 33.6 Å². The van der Waals surface area contributed by atoms with E-state index in [1.54, 1.807) is 20.8 Å². The normalized spacial score (nSPS) is 21.2. The molecular formula is C11H17NO5. The highest BCUT2D eigenvalue weighted by Crippen LogP contribution is 2.20. The molecule has 1 heterocycles. The number of carboxylic acids is 1. The Hall–Kier alpha value is -1.59.